The average molecular weight is 421 g/mol. The van der Waals surface area contributed by atoms with Crippen LogP contribution in [0.1, 0.15) is 24.0 Å². The number of likely N-dealkylation sites (tertiary alicyclic amines) is 1. The lowest BCUT2D eigenvalue weighted by molar-refractivity contribution is 0.126. The maximum atomic E-state index is 14.2. The van der Waals surface area contributed by atoms with Gasteiger partial charge in [0.25, 0.3) is 0 Å². The van der Waals surface area contributed by atoms with Gasteiger partial charge >= 0.3 is 6.03 Å². The predicted molar refractivity (Wildman–Crippen MR) is 108 cm³/mol. The van der Waals surface area contributed by atoms with Gasteiger partial charge in [-0.05, 0) is 56.7 Å². The molecule has 0 unspecified atom stereocenters. The van der Waals surface area contributed by atoms with Gasteiger partial charge in [0.05, 0.1) is 13.7 Å². The van der Waals surface area contributed by atoms with Crippen LogP contribution in [0.5, 0.6) is 5.75 Å². The van der Waals surface area contributed by atoms with Crippen LogP contribution in [0.3, 0.4) is 0 Å². The second kappa shape index (κ2) is 9.84. The van der Waals surface area contributed by atoms with E-state index in [1.807, 2.05) is 7.05 Å². The standard InChI is InChI=1S/C22H26F3N3O2/c1-27-9-7-18(8-10-27)28(14-16-4-5-17(23)12-19(16)24)22(29)26-13-15-3-6-21(30-2)20(25)11-15/h3-6,11-12,18H,7-10,13-14H2,1-2H3,(H,26,29). The zero-order valence-corrected chi connectivity index (χ0v) is 17.1. The molecule has 0 aromatic heterocycles. The number of urea groups is 1. The minimum Gasteiger partial charge on any atom is -0.494 e. The number of carbonyl (C=O) groups is 1. The van der Waals surface area contributed by atoms with Crippen molar-refractivity contribution in [3.63, 3.8) is 0 Å². The Morgan fingerprint density at radius 2 is 1.87 bits per heavy atom. The molecular weight excluding hydrogens is 395 g/mol. The SMILES string of the molecule is COc1ccc(CNC(=O)N(Cc2ccc(F)cc2F)C2CCN(C)CC2)cc1F. The van der Waals surface area contributed by atoms with Crippen molar-refractivity contribution in [1.82, 2.24) is 15.1 Å². The Bertz CT molecular complexity index is 886. The molecular formula is C22H26F3N3O2. The van der Waals surface area contributed by atoms with E-state index in [9.17, 15) is 18.0 Å². The first-order chi connectivity index (χ1) is 14.4. The number of halogens is 3. The van der Waals surface area contributed by atoms with Gasteiger partial charge < -0.3 is 19.9 Å². The topological polar surface area (TPSA) is 44.8 Å². The summed E-state index contributed by atoms with van der Waals surface area (Å²) >= 11 is 0. The minimum atomic E-state index is -0.682. The Kier molecular flexibility index (Phi) is 7.20. The van der Waals surface area contributed by atoms with Crippen LogP contribution in [0, 0.1) is 17.5 Å². The molecule has 0 spiro atoms. The van der Waals surface area contributed by atoms with E-state index in [4.69, 9.17) is 4.74 Å². The Morgan fingerprint density at radius 3 is 2.50 bits per heavy atom. The van der Waals surface area contributed by atoms with Gasteiger partial charge in [-0.3, -0.25) is 0 Å². The molecule has 2 amide bonds. The molecule has 0 radical (unpaired) electrons. The van der Waals surface area contributed by atoms with E-state index in [2.05, 4.69) is 10.2 Å². The molecule has 1 heterocycles. The second-order valence-electron chi connectivity index (χ2n) is 7.53. The molecule has 8 heteroatoms. The number of benzene rings is 2. The molecule has 0 saturated carbocycles. The van der Waals surface area contributed by atoms with E-state index in [-0.39, 0.29) is 36.5 Å². The number of carbonyl (C=O) groups excluding carboxylic acids is 1. The highest BCUT2D eigenvalue weighted by atomic mass is 19.1. The minimum absolute atomic E-state index is 0.0311. The third-order valence-corrected chi connectivity index (χ3v) is 5.41. The first-order valence-electron chi connectivity index (χ1n) is 9.86. The summed E-state index contributed by atoms with van der Waals surface area (Å²) in [6.45, 7) is 1.80. The average Bonchev–Trinajstić information content (AvgIpc) is 2.72. The highest BCUT2D eigenvalue weighted by Gasteiger charge is 2.28. The Morgan fingerprint density at radius 1 is 1.13 bits per heavy atom. The van der Waals surface area contributed by atoms with Crippen LogP contribution in [-0.2, 0) is 13.1 Å². The van der Waals surface area contributed by atoms with E-state index in [1.54, 1.807) is 11.0 Å². The summed E-state index contributed by atoms with van der Waals surface area (Å²) in [5.74, 6) is -1.72. The third-order valence-electron chi connectivity index (χ3n) is 5.41. The molecule has 30 heavy (non-hydrogen) atoms. The molecule has 0 aliphatic carbocycles. The number of piperidine rings is 1. The first kappa shape index (κ1) is 22.0. The van der Waals surface area contributed by atoms with Crippen molar-refractivity contribution in [2.24, 2.45) is 0 Å². The van der Waals surface area contributed by atoms with Crippen molar-refractivity contribution in [3.05, 3.63) is 65.0 Å². The van der Waals surface area contributed by atoms with Crippen molar-refractivity contribution in [2.75, 3.05) is 27.2 Å². The van der Waals surface area contributed by atoms with Crippen molar-refractivity contribution in [2.45, 2.75) is 32.0 Å². The van der Waals surface area contributed by atoms with Gasteiger partial charge in [-0.2, -0.15) is 0 Å². The zero-order valence-electron chi connectivity index (χ0n) is 17.1. The van der Waals surface area contributed by atoms with Crippen LogP contribution in [0.15, 0.2) is 36.4 Å². The Labute approximate surface area is 174 Å². The number of nitrogens with zero attached hydrogens (tertiary/aromatic N) is 2. The first-order valence-corrected chi connectivity index (χ1v) is 9.86. The molecule has 2 aromatic rings. The number of hydrogen-bond acceptors (Lipinski definition) is 3. The summed E-state index contributed by atoms with van der Waals surface area (Å²) in [7, 11) is 3.40. The molecule has 1 aliphatic heterocycles. The number of ether oxygens (including phenoxy) is 1. The van der Waals surface area contributed by atoms with Gasteiger partial charge in [-0.15, -0.1) is 0 Å². The molecule has 3 rings (SSSR count). The molecule has 0 atom stereocenters. The lowest BCUT2D eigenvalue weighted by Gasteiger charge is -2.37. The molecule has 1 N–H and O–H groups in total. The molecule has 162 valence electrons. The molecule has 2 aromatic carbocycles. The largest absolute Gasteiger partial charge is 0.494 e. The van der Waals surface area contributed by atoms with Crippen LogP contribution >= 0.6 is 0 Å². The monoisotopic (exact) mass is 421 g/mol. The molecule has 5 nitrogen and oxygen atoms in total. The predicted octanol–water partition coefficient (Wildman–Crippen LogP) is 3.92. The number of methoxy groups -OCH3 is 1. The van der Waals surface area contributed by atoms with E-state index >= 15 is 0 Å². The van der Waals surface area contributed by atoms with Gasteiger partial charge in [-0.25, -0.2) is 18.0 Å². The Hall–Kier alpha value is -2.74. The zero-order chi connectivity index (χ0) is 21.7. The lowest BCUT2D eigenvalue weighted by Crippen LogP contribution is -2.49. The van der Waals surface area contributed by atoms with Gasteiger partial charge in [0.15, 0.2) is 11.6 Å². The Balaban J connectivity index is 1.73. The maximum Gasteiger partial charge on any atom is 0.318 e. The van der Waals surface area contributed by atoms with Crippen molar-refractivity contribution in [1.29, 1.82) is 0 Å². The fourth-order valence-corrected chi connectivity index (χ4v) is 3.61. The normalized spacial score (nSPS) is 15.1. The molecule has 1 aliphatic rings. The smallest absolute Gasteiger partial charge is 0.318 e. The van der Waals surface area contributed by atoms with Gasteiger partial charge in [-0.1, -0.05) is 12.1 Å². The summed E-state index contributed by atoms with van der Waals surface area (Å²) in [6, 6.07) is 7.39. The third kappa shape index (κ3) is 5.44. The van der Waals surface area contributed by atoms with Gasteiger partial charge in [0, 0.05) is 24.2 Å². The fraction of sp³-hybridized carbons (Fsp3) is 0.409. The summed E-state index contributed by atoms with van der Waals surface area (Å²) in [5.41, 5.74) is 0.832. The van der Waals surface area contributed by atoms with E-state index in [0.29, 0.717) is 5.56 Å². The quantitative estimate of drug-likeness (QED) is 0.769. The van der Waals surface area contributed by atoms with Crippen molar-refractivity contribution < 1.29 is 22.7 Å². The van der Waals surface area contributed by atoms with Gasteiger partial charge in [0.1, 0.15) is 11.6 Å². The molecule has 0 bridgehead atoms. The van der Waals surface area contributed by atoms with E-state index in [1.165, 1.54) is 31.4 Å². The summed E-state index contributed by atoms with van der Waals surface area (Å²) in [6.07, 6.45) is 1.51. The van der Waals surface area contributed by atoms with Crippen LogP contribution in [0.4, 0.5) is 18.0 Å². The van der Waals surface area contributed by atoms with Gasteiger partial charge in [0.2, 0.25) is 0 Å². The second-order valence-corrected chi connectivity index (χ2v) is 7.53. The summed E-state index contributed by atoms with van der Waals surface area (Å²) in [4.78, 5) is 16.7. The lowest BCUT2D eigenvalue weighted by atomic mass is 10.0. The van der Waals surface area contributed by atoms with Crippen LogP contribution in [0.2, 0.25) is 0 Å². The maximum absolute atomic E-state index is 14.2. The number of nitrogens with one attached hydrogen (secondary N) is 1. The van der Waals surface area contributed by atoms with E-state index < -0.39 is 17.5 Å². The summed E-state index contributed by atoms with van der Waals surface area (Å²) in [5, 5.41) is 2.79. The highest BCUT2D eigenvalue weighted by Crippen LogP contribution is 2.21. The van der Waals surface area contributed by atoms with Crippen LogP contribution in [0.25, 0.3) is 0 Å². The van der Waals surface area contributed by atoms with E-state index in [0.717, 1.165) is 32.0 Å². The highest BCUT2D eigenvalue weighted by molar-refractivity contribution is 5.74. The number of hydrogen-bond donors (Lipinski definition) is 1. The molecule has 1 saturated heterocycles. The number of amides is 2. The molecule has 1 fully saturated rings. The number of rotatable bonds is 6. The fourth-order valence-electron chi connectivity index (χ4n) is 3.61. The van der Waals surface area contributed by atoms with Crippen LogP contribution in [-0.4, -0.2) is 49.1 Å². The van der Waals surface area contributed by atoms with Crippen molar-refractivity contribution >= 4 is 6.03 Å². The van der Waals surface area contributed by atoms with Crippen LogP contribution < -0.4 is 10.1 Å². The van der Waals surface area contributed by atoms with Crippen molar-refractivity contribution in [3.8, 4) is 5.75 Å². The summed E-state index contributed by atoms with van der Waals surface area (Å²) < 4.78 is 46.3.